The zero-order valence-electron chi connectivity index (χ0n) is 5.27. The molecule has 0 heterocycles. The van der Waals surface area contributed by atoms with Crippen molar-refractivity contribution in [2.75, 3.05) is 0 Å². The van der Waals surface area contributed by atoms with Gasteiger partial charge in [0.05, 0.1) is 0 Å². The molecule has 0 aromatic heterocycles. The van der Waals surface area contributed by atoms with Gasteiger partial charge in [-0.1, -0.05) is 36.4 Å². The van der Waals surface area contributed by atoms with E-state index in [2.05, 4.69) is 11.8 Å². The first-order valence-corrected chi connectivity index (χ1v) is 4.12. The Morgan fingerprint density at radius 3 is 0.800 bits per heavy atom. The van der Waals surface area contributed by atoms with Gasteiger partial charge in [-0.25, -0.2) is 0 Å². The third-order valence-corrected chi connectivity index (χ3v) is 0.667. The Morgan fingerprint density at radius 2 is 0.700 bits per heavy atom. The monoisotopic (exact) mass is 215 g/mol. The first-order valence-electron chi connectivity index (χ1n) is 2.24. The van der Waals surface area contributed by atoms with Crippen molar-refractivity contribution in [1.29, 1.82) is 0 Å². The summed E-state index contributed by atoms with van der Waals surface area (Å²) in [5, 5.41) is 0. The fraction of sp³-hybridized carbons (Fsp3) is 0. The van der Waals surface area contributed by atoms with Crippen LogP contribution >= 0.6 is 32.8 Å². The van der Waals surface area contributed by atoms with Gasteiger partial charge in [-0.2, -0.15) is 0 Å². The van der Waals surface area contributed by atoms with Crippen LogP contribution < -0.4 is 0 Å². The lowest BCUT2D eigenvalue weighted by molar-refractivity contribution is 1.72. The quantitative estimate of drug-likeness (QED) is 0.601. The predicted octanol–water partition coefficient (Wildman–Crippen LogP) is 2.85. The Balaban J connectivity index is -0.000000114. The van der Waals surface area contributed by atoms with Crippen LogP contribution in [0.25, 0.3) is 0 Å². The van der Waals surface area contributed by atoms with E-state index in [4.69, 9.17) is 0 Å². The molecule has 1 rings (SSSR count). The van der Waals surface area contributed by atoms with E-state index in [1.165, 1.54) is 0 Å². The molecule has 0 spiro atoms. The minimum atomic E-state index is 0. The lowest BCUT2D eigenvalue weighted by atomic mass is 10.4. The highest BCUT2D eigenvalue weighted by molar-refractivity contribution is 7.88. The molecule has 0 radical (unpaired) electrons. The highest BCUT2D eigenvalue weighted by atomic mass is 35.5. The van der Waals surface area contributed by atoms with Crippen molar-refractivity contribution in [3.8, 4) is 0 Å². The van der Waals surface area contributed by atoms with Gasteiger partial charge in [0.25, 0.3) is 0 Å². The zero-order chi connectivity index (χ0) is 6.24. The van der Waals surface area contributed by atoms with Crippen LogP contribution in [-0.4, -0.2) is 0 Å². The van der Waals surface area contributed by atoms with Crippen LogP contribution in [0.1, 0.15) is 0 Å². The van der Waals surface area contributed by atoms with Gasteiger partial charge in [-0.15, -0.1) is 24.8 Å². The first-order chi connectivity index (χ1) is 4.00. The summed E-state index contributed by atoms with van der Waals surface area (Å²) in [5.41, 5.74) is 0. The third kappa shape index (κ3) is 11.2. The van der Waals surface area contributed by atoms with Crippen LogP contribution in [0.4, 0.5) is 0 Å². The second-order valence-electron chi connectivity index (χ2n) is 1.15. The Morgan fingerprint density at radius 1 is 0.600 bits per heavy atom. The van der Waals surface area contributed by atoms with Crippen molar-refractivity contribution >= 4 is 44.6 Å². The average molecular weight is 216 g/mol. The Hall–Kier alpha value is 0.320. The van der Waals surface area contributed by atoms with E-state index in [1.807, 2.05) is 44.4 Å². The summed E-state index contributed by atoms with van der Waals surface area (Å²) in [6.07, 6.45) is 0. The van der Waals surface area contributed by atoms with E-state index in [0.29, 0.717) is 0 Å². The maximum absolute atomic E-state index is 4.00. The molecule has 0 nitrogen and oxygen atoms in total. The van der Waals surface area contributed by atoms with Crippen LogP contribution in [0.5, 0.6) is 0 Å². The molecular formula is C6H10Cl2PS+. The maximum atomic E-state index is 4.00. The van der Waals surface area contributed by atoms with Gasteiger partial charge >= 0.3 is 0 Å². The molecule has 0 aliphatic rings. The number of rotatable bonds is 0. The van der Waals surface area contributed by atoms with E-state index in [-0.39, 0.29) is 24.8 Å². The number of halogens is 2. The largest absolute Gasteiger partial charge is 0.153 e. The average Bonchev–Trinajstić information content (AvgIpc) is 1.96. The fourth-order valence-electron chi connectivity index (χ4n) is 0.385. The molecule has 58 valence electrons. The number of hydrogen-bond donors (Lipinski definition) is 0. The second kappa shape index (κ2) is 16.2. The minimum Gasteiger partial charge on any atom is -0.147 e. The molecule has 4 heteroatoms. The molecule has 1 aromatic rings. The summed E-state index contributed by atoms with van der Waals surface area (Å²) in [5.74, 6) is 0. The van der Waals surface area contributed by atoms with Gasteiger partial charge in [0.2, 0.25) is 0 Å². The molecule has 1 atom stereocenters. The summed E-state index contributed by atoms with van der Waals surface area (Å²) in [7, 11) is 2.00. The maximum Gasteiger partial charge on any atom is 0.153 e. The lowest BCUT2D eigenvalue weighted by Gasteiger charge is -1.69. The molecule has 0 aliphatic heterocycles. The zero-order valence-corrected chi connectivity index (χ0v) is 8.87. The van der Waals surface area contributed by atoms with E-state index >= 15 is 0 Å². The van der Waals surface area contributed by atoms with Crippen LogP contribution in [-0.2, 0) is 11.8 Å². The Labute approximate surface area is 81.1 Å². The molecular weight excluding hydrogens is 206 g/mol. The van der Waals surface area contributed by atoms with Crippen LogP contribution in [0.3, 0.4) is 0 Å². The molecule has 0 fully saturated rings. The molecule has 0 aliphatic carbocycles. The Bertz CT molecular complexity index is 98.6. The van der Waals surface area contributed by atoms with E-state index in [0.717, 1.165) is 0 Å². The molecule has 0 saturated heterocycles. The van der Waals surface area contributed by atoms with Gasteiger partial charge in [0.1, 0.15) is 8.02 Å². The number of benzene rings is 1. The van der Waals surface area contributed by atoms with Crippen LogP contribution in [0.2, 0.25) is 0 Å². The third-order valence-electron chi connectivity index (χ3n) is 0.667. The van der Waals surface area contributed by atoms with Crippen molar-refractivity contribution < 1.29 is 0 Å². The molecule has 0 bridgehead atoms. The molecule has 1 unspecified atom stereocenters. The standard InChI is InChI=1S/C6H6.2ClH.HPS/c1-2-4-6-5-3-1;;;1-2/h1-6H;2*1H;1H/p+1. The first kappa shape index (κ1) is 16.7. The summed E-state index contributed by atoms with van der Waals surface area (Å²) in [6.45, 7) is 0. The van der Waals surface area contributed by atoms with E-state index < -0.39 is 0 Å². The molecule has 10 heavy (non-hydrogen) atoms. The summed E-state index contributed by atoms with van der Waals surface area (Å²) >= 11 is 4.00. The van der Waals surface area contributed by atoms with E-state index in [1.54, 1.807) is 0 Å². The van der Waals surface area contributed by atoms with Gasteiger partial charge in [0.15, 0.2) is 11.8 Å². The van der Waals surface area contributed by atoms with E-state index in [9.17, 15) is 0 Å². The summed E-state index contributed by atoms with van der Waals surface area (Å²) in [4.78, 5) is 0. The topological polar surface area (TPSA) is 0 Å². The van der Waals surface area contributed by atoms with Crippen molar-refractivity contribution in [2.24, 2.45) is 0 Å². The van der Waals surface area contributed by atoms with Crippen molar-refractivity contribution in [2.45, 2.75) is 0 Å². The predicted molar refractivity (Wildman–Crippen MR) is 58.0 cm³/mol. The second-order valence-corrected chi connectivity index (χ2v) is 1.15. The minimum absolute atomic E-state index is 0. The number of hydrogen-bond acceptors (Lipinski definition) is 1. The van der Waals surface area contributed by atoms with Crippen molar-refractivity contribution in [3.63, 3.8) is 0 Å². The smallest absolute Gasteiger partial charge is 0.147 e. The molecule has 1 aromatic carbocycles. The fourth-order valence-corrected chi connectivity index (χ4v) is 0.385. The highest BCUT2D eigenvalue weighted by Gasteiger charge is 1.57. The van der Waals surface area contributed by atoms with Crippen molar-refractivity contribution in [3.05, 3.63) is 36.4 Å². The normalized spacial score (nSPS) is 5.20. The summed E-state index contributed by atoms with van der Waals surface area (Å²) < 4.78 is 0. The summed E-state index contributed by atoms with van der Waals surface area (Å²) in [6, 6.07) is 12.0. The molecule has 0 amide bonds. The van der Waals surface area contributed by atoms with Crippen LogP contribution in [0, 0.1) is 0 Å². The van der Waals surface area contributed by atoms with Gasteiger partial charge in [0, 0.05) is 0 Å². The van der Waals surface area contributed by atoms with Gasteiger partial charge in [-0.05, 0) is 0 Å². The highest BCUT2D eigenvalue weighted by Crippen LogP contribution is 1.79. The lowest BCUT2D eigenvalue weighted by Crippen LogP contribution is -1.47. The van der Waals surface area contributed by atoms with Gasteiger partial charge in [-0.3, -0.25) is 0 Å². The van der Waals surface area contributed by atoms with Gasteiger partial charge < -0.3 is 0 Å². The SMILES string of the molecule is Cl.Cl.[PH2+]=S.c1ccccc1. The van der Waals surface area contributed by atoms with Crippen molar-refractivity contribution in [1.82, 2.24) is 0 Å². The molecule has 0 saturated carbocycles. The Kier molecular flexibility index (Phi) is 27.0. The van der Waals surface area contributed by atoms with Crippen LogP contribution in [0.15, 0.2) is 36.4 Å². The molecule has 0 N–H and O–H groups in total.